The van der Waals surface area contributed by atoms with Gasteiger partial charge in [-0.15, -0.1) is 0 Å². The zero-order valence-electron chi connectivity index (χ0n) is 16.0. The number of nitrogen functional groups attached to an aromatic ring is 1. The normalized spacial score (nSPS) is 14.1. The largest absolute Gasteiger partial charge is 0.495 e. The number of anilines is 2. The van der Waals surface area contributed by atoms with E-state index >= 15 is 0 Å². The highest BCUT2D eigenvalue weighted by Crippen LogP contribution is 2.29. The van der Waals surface area contributed by atoms with Gasteiger partial charge in [0.1, 0.15) is 11.5 Å². The first kappa shape index (κ1) is 18.9. The molecule has 1 heterocycles. The Bertz CT molecular complexity index is 786. The van der Waals surface area contributed by atoms with Gasteiger partial charge in [0.15, 0.2) is 0 Å². The van der Waals surface area contributed by atoms with Gasteiger partial charge < -0.3 is 25.0 Å². The molecule has 1 aliphatic heterocycles. The van der Waals surface area contributed by atoms with E-state index in [2.05, 4.69) is 4.90 Å². The molecule has 0 spiro atoms. The summed E-state index contributed by atoms with van der Waals surface area (Å²) in [6, 6.07) is 13.2. The van der Waals surface area contributed by atoms with Gasteiger partial charge in [-0.05, 0) is 36.8 Å². The summed E-state index contributed by atoms with van der Waals surface area (Å²) < 4.78 is 11.0. The van der Waals surface area contributed by atoms with Gasteiger partial charge in [-0.1, -0.05) is 19.1 Å². The van der Waals surface area contributed by atoms with Crippen LogP contribution in [0.5, 0.6) is 11.5 Å². The number of methoxy groups -OCH3 is 1. The fraction of sp³-hybridized carbons (Fsp3) is 0.381. The number of hydrogen-bond acceptors (Lipinski definition) is 5. The highest BCUT2D eigenvalue weighted by molar-refractivity contribution is 5.95. The van der Waals surface area contributed by atoms with E-state index in [1.165, 1.54) is 0 Å². The molecule has 0 saturated carbocycles. The Kier molecular flexibility index (Phi) is 6.06. The SMILES string of the molecule is CCCOc1ccc(C(=O)N2CCN(c3ccccc3OC)CC2)cc1N. The molecule has 27 heavy (non-hydrogen) atoms. The van der Waals surface area contributed by atoms with E-state index in [1.807, 2.05) is 36.1 Å². The quantitative estimate of drug-likeness (QED) is 0.793. The lowest BCUT2D eigenvalue weighted by Gasteiger charge is -2.36. The lowest BCUT2D eigenvalue weighted by atomic mass is 10.1. The minimum Gasteiger partial charge on any atom is -0.495 e. The molecule has 0 aliphatic carbocycles. The van der Waals surface area contributed by atoms with Crippen molar-refractivity contribution in [2.75, 3.05) is 50.5 Å². The third-order valence-corrected chi connectivity index (χ3v) is 4.71. The van der Waals surface area contributed by atoms with Crippen LogP contribution in [0.25, 0.3) is 0 Å². The van der Waals surface area contributed by atoms with Crippen LogP contribution in [0, 0.1) is 0 Å². The van der Waals surface area contributed by atoms with Gasteiger partial charge in [0.25, 0.3) is 5.91 Å². The standard InChI is InChI=1S/C21H27N3O3/c1-3-14-27-19-9-8-16(15-17(19)22)21(25)24-12-10-23(11-13-24)18-6-4-5-7-20(18)26-2/h4-9,15H,3,10-14,22H2,1-2H3. The Balaban J connectivity index is 1.64. The monoisotopic (exact) mass is 369 g/mol. The minimum atomic E-state index is 0.00316. The van der Waals surface area contributed by atoms with Crippen LogP contribution < -0.4 is 20.1 Å². The Morgan fingerprint density at radius 3 is 2.48 bits per heavy atom. The molecule has 0 aromatic heterocycles. The molecule has 0 unspecified atom stereocenters. The second kappa shape index (κ2) is 8.66. The van der Waals surface area contributed by atoms with E-state index in [-0.39, 0.29) is 5.91 Å². The summed E-state index contributed by atoms with van der Waals surface area (Å²) in [7, 11) is 1.68. The second-order valence-corrected chi connectivity index (χ2v) is 6.55. The van der Waals surface area contributed by atoms with Crippen LogP contribution in [0.15, 0.2) is 42.5 Å². The Labute approximate surface area is 160 Å². The van der Waals surface area contributed by atoms with E-state index in [1.54, 1.807) is 25.3 Å². The first-order chi connectivity index (χ1) is 13.1. The molecule has 6 heteroatoms. The van der Waals surface area contributed by atoms with Crippen molar-refractivity contribution < 1.29 is 14.3 Å². The predicted molar refractivity (Wildman–Crippen MR) is 108 cm³/mol. The fourth-order valence-electron chi connectivity index (χ4n) is 3.25. The Morgan fingerprint density at radius 1 is 1.07 bits per heavy atom. The predicted octanol–water partition coefficient (Wildman–Crippen LogP) is 3.03. The van der Waals surface area contributed by atoms with Crippen LogP contribution >= 0.6 is 0 Å². The molecule has 1 amide bonds. The van der Waals surface area contributed by atoms with Gasteiger partial charge in [0.2, 0.25) is 0 Å². The number of benzene rings is 2. The summed E-state index contributed by atoms with van der Waals surface area (Å²) in [4.78, 5) is 16.9. The molecule has 6 nitrogen and oxygen atoms in total. The zero-order valence-corrected chi connectivity index (χ0v) is 16.0. The molecule has 1 fully saturated rings. The molecule has 144 valence electrons. The van der Waals surface area contributed by atoms with Crippen molar-refractivity contribution in [3.8, 4) is 11.5 Å². The molecule has 1 aliphatic rings. The number of nitrogens with two attached hydrogens (primary N) is 1. The van der Waals surface area contributed by atoms with Gasteiger partial charge in [-0.25, -0.2) is 0 Å². The lowest BCUT2D eigenvalue weighted by Crippen LogP contribution is -2.48. The van der Waals surface area contributed by atoms with Crippen molar-refractivity contribution >= 4 is 17.3 Å². The van der Waals surface area contributed by atoms with Gasteiger partial charge in [0, 0.05) is 31.7 Å². The average molecular weight is 369 g/mol. The molecular weight excluding hydrogens is 342 g/mol. The third-order valence-electron chi connectivity index (χ3n) is 4.71. The van der Waals surface area contributed by atoms with Gasteiger partial charge >= 0.3 is 0 Å². The number of ether oxygens (including phenoxy) is 2. The molecular formula is C21H27N3O3. The molecule has 0 radical (unpaired) electrons. The highest BCUT2D eigenvalue weighted by atomic mass is 16.5. The Morgan fingerprint density at radius 2 is 1.81 bits per heavy atom. The van der Waals surface area contributed by atoms with Crippen LogP contribution in [-0.2, 0) is 0 Å². The summed E-state index contributed by atoms with van der Waals surface area (Å²) in [5.74, 6) is 1.49. The molecule has 2 aromatic rings. The number of piperazine rings is 1. The maximum Gasteiger partial charge on any atom is 0.254 e. The van der Waals surface area contributed by atoms with Crippen molar-refractivity contribution in [2.45, 2.75) is 13.3 Å². The van der Waals surface area contributed by atoms with Crippen molar-refractivity contribution in [1.82, 2.24) is 4.90 Å². The summed E-state index contributed by atoms with van der Waals surface area (Å²) in [6.45, 7) is 5.50. The third kappa shape index (κ3) is 4.27. The van der Waals surface area contributed by atoms with Crippen molar-refractivity contribution in [2.24, 2.45) is 0 Å². The molecule has 3 rings (SSSR count). The maximum atomic E-state index is 12.8. The topological polar surface area (TPSA) is 68.0 Å². The summed E-state index contributed by atoms with van der Waals surface area (Å²) in [5.41, 5.74) is 8.21. The number of carbonyl (C=O) groups excluding carboxylic acids is 1. The summed E-state index contributed by atoms with van der Waals surface area (Å²) in [5, 5.41) is 0. The number of carbonyl (C=O) groups is 1. The summed E-state index contributed by atoms with van der Waals surface area (Å²) >= 11 is 0. The van der Waals surface area contributed by atoms with Gasteiger partial charge in [-0.3, -0.25) is 4.79 Å². The average Bonchev–Trinajstić information content (AvgIpc) is 2.72. The molecule has 2 aromatic carbocycles. The van der Waals surface area contributed by atoms with E-state index in [0.29, 0.717) is 36.7 Å². The van der Waals surface area contributed by atoms with E-state index in [9.17, 15) is 4.79 Å². The van der Waals surface area contributed by atoms with Crippen LogP contribution in [0.2, 0.25) is 0 Å². The Hall–Kier alpha value is -2.89. The van der Waals surface area contributed by atoms with Crippen LogP contribution in [0.4, 0.5) is 11.4 Å². The summed E-state index contributed by atoms with van der Waals surface area (Å²) in [6.07, 6.45) is 0.913. The number of hydrogen-bond donors (Lipinski definition) is 1. The smallest absolute Gasteiger partial charge is 0.254 e. The van der Waals surface area contributed by atoms with Crippen LogP contribution in [0.3, 0.4) is 0 Å². The molecule has 2 N–H and O–H groups in total. The van der Waals surface area contributed by atoms with E-state index in [0.717, 1.165) is 30.9 Å². The van der Waals surface area contributed by atoms with Crippen LogP contribution in [-0.4, -0.2) is 50.7 Å². The number of rotatable bonds is 6. The molecule has 0 bridgehead atoms. The highest BCUT2D eigenvalue weighted by Gasteiger charge is 2.24. The molecule has 0 atom stereocenters. The van der Waals surface area contributed by atoms with Crippen molar-refractivity contribution in [3.63, 3.8) is 0 Å². The van der Waals surface area contributed by atoms with Crippen molar-refractivity contribution in [3.05, 3.63) is 48.0 Å². The minimum absolute atomic E-state index is 0.00316. The zero-order chi connectivity index (χ0) is 19.2. The van der Waals surface area contributed by atoms with Crippen molar-refractivity contribution in [1.29, 1.82) is 0 Å². The number of para-hydroxylation sites is 2. The van der Waals surface area contributed by atoms with Gasteiger partial charge in [0.05, 0.1) is 25.1 Å². The second-order valence-electron chi connectivity index (χ2n) is 6.55. The first-order valence-electron chi connectivity index (χ1n) is 9.33. The van der Waals surface area contributed by atoms with Gasteiger partial charge in [-0.2, -0.15) is 0 Å². The van der Waals surface area contributed by atoms with E-state index in [4.69, 9.17) is 15.2 Å². The fourth-order valence-corrected chi connectivity index (χ4v) is 3.25. The lowest BCUT2D eigenvalue weighted by molar-refractivity contribution is 0.0746. The van der Waals surface area contributed by atoms with Crippen LogP contribution in [0.1, 0.15) is 23.7 Å². The number of amides is 1. The number of nitrogens with zero attached hydrogens (tertiary/aromatic N) is 2. The maximum absolute atomic E-state index is 12.8. The van der Waals surface area contributed by atoms with E-state index < -0.39 is 0 Å². The molecule has 1 saturated heterocycles. The first-order valence-corrected chi connectivity index (χ1v) is 9.33.